The van der Waals surface area contributed by atoms with Gasteiger partial charge in [-0.25, -0.2) is 13.2 Å². The van der Waals surface area contributed by atoms with Gasteiger partial charge in [0.1, 0.15) is 0 Å². The van der Waals surface area contributed by atoms with Gasteiger partial charge in [0.05, 0.1) is 16.4 Å². The number of nitrogens with one attached hydrogen (secondary N) is 1. The summed E-state index contributed by atoms with van der Waals surface area (Å²) in [6.07, 6.45) is 3.50. The molecular formula is C13H15NO5S2. The van der Waals surface area contributed by atoms with Crippen LogP contribution in [0.2, 0.25) is 0 Å². The Morgan fingerprint density at radius 1 is 1.43 bits per heavy atom. The zero-order valence-electron chi connectivity index (χ0n) is 11.1. The first-order valence-corrected chi connectivity index (χ1v) is 9.07. The van der Waals surface area contributed by atoms with Crippen LogP contribution in [0, 0.1) is 0 Å². The highest BCUT2D eigenvalue weighted by Gasteiger charge is 2.26. The van der Waals surface area contributed by atoms with Gasteiger partial charge in [-0.05, 0) is 35.9 Å². The van der Waals surface area contributed by atoms with Gasteiger partial charge in [0.15, 0.2) is 9.84 Å². The van der Waals surface area contributed by atoms with Gasteiger partial charge in [-0.2, -0.15) is 0 Å². The second kappa shape index (κ2) is 6.40. The third-order valence-corrected chi connectivity index (χ3v) is 5.86. The Kier molecular flexibility index (Phi) is 4.79. The lowest BCUT2D eigenvalue weighted by molar-refractivity contribution is -0.131. The molecule has 0 radical (unpaired) electrons. The SMILES string of the molecule is O=C(O)C=Cc1ccsc1C(=O)NC1CCCS(=O)(=O)C1. The number of thiophene rings is 1. The van der Waals surface area contributed by atoms with E-state index in [1.54, 1.807) is 11.4 Å². The van der Waals surface area contributed by atoms with Gasteiger partial charge >= 0.3 is 5.97 Å². The number of aliphatic carboxylic acids is 1. The van der Waals surface area contributed by atoms with Crippen molar-refractivity contribution < 1.29 is 23.1 Å². The van der Waals surface area contributed by atoms with Gasteiger partial charge in [-0.15, -0.1) is 11.3 Å². The minimum Gasteiger partial charge on any atom is -0.478 e. The lowest BCUT2D eigenvalue weighted by Gasteiger charge is -2.22. The topological polar surface area (TPSA) is 101 Å². The molecule has 1 aromatic heterocycles. The molecule has 0 saturated carbocycles. The summed E-state index contributed by atoms with van der Waals surface area (Å²) in [5.41, 5.74) is 0.513. The van der Waals surface area contributed by atoms with Gasteiger partial charge in [0, 0.05) is 12.1 Å². The van der Waals surface area contributed by atoms with E-state index in [2.05, 4.69) is 5.32 Å². The Morgan fingerprint density at radius 2 is 2.19 bits per heavy atom. The van der Waals surface area contributed by atoms with E-state index in [1.807, 2.05) is 0 Å². The molecule has 8 heteroatoms. The van der Waals surface area contributed by atoms with E-state index in [0.717, 1.165) is 6.08 Å². The molecule has 1 aromatic rings. The minimum absolute atomic E-state index is 0.0373. The van der Waals surface area contributed by atoms with Crippen molar-refractivity contribution >= 4 is 39.1 Å². The Labute approximate surface area is 126 Å². The van der Waals surface area contributed by atoms with Crippen molar-refractivity contribution in [2.75, 3.05) is 11.5 Å². The molecule has 1 unspecified atom stereocenters. The molecule has 6 nitrogen and oxygen atoms in total. The van der Waals surface area contributed by atoms with E-state index in [9.17, 15) is 18.0 Å². The molecule has 114 valence electrons. The van der Waals surface area contributed by atoms with Crippen molar-refractivity contribution in [2.45, 2.75) is 18.9 Å². The van der Waals surface area contributed by atoms with E-state index in [1.165, 1.54) is 17.4 Å². The number of carbonyl (C=O) groups excluding carboxylic acids is 1. The average Bonchev–Trinajstić information content (AvgIpc) is 2.83. The predicted molar refractivity (Wildman–Crippen MR) is 80.1 cm³/mol. The lowest BCUT2D eigenvalue weighted by atomic mass is 10.1. The van der Waals surface area contributed by atoms with E-state index in [0.29, 0.717) is 23.3 Å². The zero-order valence-corrected chi connectivity index (χ0v) is 12.7. The smallest absolute Gasteiger partial charge is 0.328 e. The molecule has 0 spiro atoms. The van der Waals surface area contributed by atoms with E-state index in [-0.39, 0.29) is 23.5 Å². The summed E-state index contributed by atoms with van der Waals surface area (Å²) in [5, 5.41) is 13.0. The van der Waals surface area contributed by atoms with Crippen molar-refractivity contribution in [3.05, 3.63) is 28.0 Å². The monoisotopic (exact) mass is 329 g/mol. The summed E-state index contributed by atoms with van der Waals surface area (Å²) in [5.74, 6) is -1.32. The third kappa shape index (κ3) is 4.40. The lowest BCUT2D eigenvalue weighted by Crippen LogP contribution is -2.43. The fraction of sp³-hybridized carbons (Fsp3) is 0.385. The van der Waals surface area contributed by atoms with Crippen molar-refractivity contribution in [1.29, 1.82) is 0 Å². The van der Waals surface area contributed by atoms with Gasteiger partial charge in [-0.3, -0.25) is 4.79 Å². The van der Waals surface area contributed by atoms with Crippen LogP contribution in [0.15, 0.2) is 17.5 Å². The molecule has 1 aliphatic rings. The number of amides is 1. The molecule has 1 saturated heterocycles. The number of carboxylic acid groups (broad SMARTS) is 1. The maximum absolute atomic E-state index is 12.2. The number of sulfone groups is 1. The quantitative estimate of drug-likeness (QED) is 0.807. The molecule has 1 amide bonds. The number of carbonyl (C=O) groups is 2. The molecule has 21 heavy (non-hydrogen) atoms. The normalized spacial score (nSPS) is 21.2. The molecule has 1 aliphatic heterocycles. The Balaban J connectivity index is 2.07. The van der Waals surface area contributed by atoms with Gasteiger partial charge in [-0.1, -0.05) is 0 Å². The summed E-state index contributed by atoms with van der Waals surface area (Å²) in [6.45, 7) is 0. The second-order valence-corrected chi connectivity index (χ2v) is 7.95. The Bertz CT molecular complexity index is 674. The highest BCUT2D eigenvalue weighted by Crippen LogP contribution is 2.20. The fourth-order valence-electron chi connectivity index (χ4n) is 2.18. The molecule has 2 heterocycles. The van der Waals surface area contributed by atoms with Crippen LogP contribution < -0.4 is 5.32 Å². The Hall–Kier alpha value is -1.67. The summed E-state index contributed by atoms with van der Waals surface area (Å²) in [7, 11) is -3.08. The van der Waals surface area contributed by atoms with Crippen LogP contribution in [0.4, 0.5) is 0 Å². The largest absolute Gasteiger partial charge is 0.478 e. The molecule has 2 N–H and O–H groups in total. The first-order chi connectivity index (χ1) is 9.87. The van der Waals surface area contributed by atoms with Crippen LogP contribution in [-0.2, 0) is 14.6 Å². The zero-order chi connectivity index (χ0) is 15.5. The van der Waals surface area contributed by atoms with Crippen molar-refractivity contribution in [3.63, 3.8) is 0 Å². The number of rotatable bonds is 4. The fourth-order valence-corrected chi connectivity index (χ4v) is 4.61. The van der Waals surface area contributed by atoms with Crippen LogP contribution in [0.25, 0.3) is 6.08 Å². The summed E-state index contributed by atoms with van der Waals surface area (Å²) >= 11 is 1.19. The molecule has 0 bridgehead atoms. The summed E-state index contributed by atoms with van der Waals surface area (Å²) in [6, 6.07) is 1.27. The van der Waals surface area contributed by atoms with Crippen molar-refractivity contribution in [3.8, 4) is 0 Å². The number of carboxylic acids is 1. The first-order valence-electron chi connectivity index (χ1n) is 6.37. The highest BCUT2D eigenvalue weighted by molar-refractivity contribution is 7.91. The highest BCUT2D eigenvalue weighted by atomic mass is 32.2. The first kappa shape index (κ1) is 15.7. The van der Waals surface area contributed by atoms with Crippen LogP contribution in [0.3, 0.4) is 0 Å². The van der Waals surface area contributed by atoms with Crippen molar-refractivity contribution in [2.24, 2.45) is 0 Å². The third-order valence-electron chi connectivity index (χ3n) is 3.11. The minimum atomic E-state index is -3.08. The second-order valence-electron chi connectivity index (χ2n) is 4.80. The molecular weight excluding hydrogens is 314 g/mol. The van der Waals surface area contributed by atoms with E-state index < -0.39 is 15.8 Å². The summed E-state index contributed by atoms with van der Waals surface area (Å²) in [4.78, 5) is 23.1. The molecule has 0 aromatic carbocycles. The molecule has 1 fully saturated rings. The number of hydrogen-bond donors (Lipinski definition) is 2. The van der Waals surface area contributed by atoms with Gasteiger partial charge < -0.3 is 10.4 Å². The maximum Gasteiger partial charge on any atom is 0.328 e. The standard InChI is InChI=1S/C13H15NO5S2/c15-11(16)4-3-9-5-6-20-12(9)13(17)14-10-2-1-7-21(18,19)8-10/h3-6,10H,1-2,7-8H2,(H,14,17)(H,15,16). The molecule has 2 rings (SSSR count). The Morgan fingerprint density at radius 3 is 2.86 bits per heavy atom. The van der Waals surface area contributed by atoms with Gasteiger partial charge in [0.25, 0.3) is 5.91 Å². The van der Waals surface area contributed by atoms with Crippen LogP contribution >= 0.6 is 11.3 Å². The van der Waals surface area contributed by atoms with Gasteiger partial charge in [0.2, 0.25) is 0 Å². The van der Waals surface area contributed by atoms with E-state index in [4.69, 9.17) is 5.11 Å². The van der Waals surface area contributed by atoms with Crippen LogP contribution in [0.1, 0.15) is 28.1 Å². The maximum atomic E-state index is 12.2. The van der Waals surface area contributed by atoms with Crippen LogP contribution in [0.5, 0.6) is 0 Å². The van der Waals surface area contributed by atoms with Crippen molar-refractivity contribution in [1.82, 2.24) is 5.32 Å². The van der Waals surface area contributed by atoms with Crippen LogP contribution in [-0.4, -0.2) is 42.9 Å². The molecule has 0 aliphatic carbocycles. The average molecular weight is 329 g/mol. The predicted octanol–water partition coefficient (Wildman–Crippen LogP) is 1.15. The molecule has 1 atom stereocenters. The summed E-state index contributed by atoms with van der Waals surface area (Å²) < 4.78 is 23.1. The van der Waals surface area contributed by atoms with E-state index >= 15 is 0 Å². The number of hydrogen-bond acceptors (Lipinski definition) is 5.